The average molecular weight is 274 g/mol. The fraction of sp³-hybridized carbons (Fsp3) is 0.750. The molecule has 0 saturated heterocycles. The van der Waals surface area contributed by atoms with E-state index in [1.165, 1.54) is 18.7 Å². The van der Waals surface area contributed by atoms with Gasteiger partial charge in [0.2, 0.25) is 0 Å². The van der Waals surface area contributed by atoms with Crippen molar-refractivity contribution in [3.05, 3.63) is 0 Å². The molecule has 0 aromatic rings. The molecule has 0 fully saturated rings. The summed E-state index contributed by atoms with van der Waals surface area (Å²) in [4.78, 5) is 35.6. The number of urea groups is 1. The third-order valence-electron chi connectivity index (χ3n) is 2.44. The summed E-state index contributed by atoms with van der Waals surface area (Å²) >= 11 is 0. The molecule has 2 N–H and O–H groups in total. The van der Waals surface area contributed by atoms with E-state index in [1.54, 1.807) is 20.8 Å². The molecular weight excluding hydrogens is 252 g/mol. The highest BCUT2D eigenvalue weighted by Crippen LogP contribution is 2.06. The van der Waals surface area contributed by atoms with Crippen LogP contribution in [0.15, 0.2) is 0 Å². The fourth-order valence-corrected chi connectivity index (χ4v) is 1.23. The molecule has 0 aromatic carbocycles. The smallest absolute Gasteiger partial charge is 0.328 e. The van der Waals surface area contributed by atoms with Gasteiger partial charge in [0.1, 0.15) is 12.1 Å². The zero-order valence-corrected chi connectivity index (χ0v) is 12.0. The summed E-state index contributed by atoms with van der Waals surface area (Å²) in [6.45, 7) is 7.89. The number of rotatable bonds is 6. The quantitative estimate of drug-likeness (QED) is 0.699. The maximum atomic E-state index is 12.0. The normalized spacial score (nSPS) is 11.1. The minimum atomic E-state index is -1.40. The number of carboxylic acids is 1. The molecule has 0 rings (SSSR count). The molecule has 7 heteroatoms. The molecule has 0 aliphatic carbocycles. The lowest BCUT2D eigenvalue weighted by Crippen LogP contribution is -2.56. The van der Waals surface area contributed by atoms with Crippen LogP contribution in [-0.2, 0) is 14.3 Å². The van der Waals surface area contributed by atoms with Crippen LogP contribution in [0.25, 0.3) is 0 Å². The van der Waals surface area contributed by atoms with E-state index >= 15 is 0 Å². The van der Waals surface area contributed by atoms with Crippen molar-refractivity contribution in [2.45, 2.75) is 46.2 Å². The number of hydrogen-bond donors (Lipinski definition) is 2. The second kappa shape index (κ2) is 6.96. The predicted molar refractivity (Wildman–Crippen MR) is 68.7 cm³/mol. The number of ether oxygens (including phenoxy) is 1. The number of carbonyl (C=O) groups excluding carboxylic acids is 2. The van der Waals surface area contributed by atoms with Gasteiger partial charge >= 0.3 is 18.0 Å². The van der Waals surface area contributed by atoms with Crippen LogP contribution in [0.4, 0.5) is 4.79 Å². The number of amides is 2. The van der Waals surface area contributed by atoms with Gasteiger partial charge in [0.25, 0.3) is 0 Å². The zero-order valence-electron chi connectivity index (χ0n) is 12.0. The molecule has 110 valence electrons. The Balaban J connectivity index is 4.77. The fourth-order valence-electron chi connectivity index (χ4n) is 1.23. The predicted octanol–water partition coefficient (Wildman–Crippen LogP) is 0.833. The molecule has 0 aliphatic heterocycles. The van der Waals surface area contributed by atoms with Gasteiger partial charge in [-0.25, -0.2) is 9.59 Å². The summed E-state index contributed by atoms with van der Waals surface area (Å²) in [6.07, 6.45) is 0. The van der Waals surface area contributed by atoms with Crippen molar-refractivity contribution < 1.29 is 24.2 Å². The standard InChI is InChI=1S/C12H22N2O5/c1-6-19-9(15)7-14(8(2)3)11(18)13-12(4,5)10(16)17/h8H,6-7H2,1-5H3,(H,13,18)(H,16,17). The number of carbonyl (C=O) groups is 3. The van der Waals surface area contributed by atoms with Crippen molar-refractivity contribution in [1.29, 1.82) is 0 Å². The third-order valence-corrected chi connectivity index (χ3v) is 2.44. The van der Waals surface area contributed by atoms with E-state index in [-0.39, 0.29) is 19.2 Å². The number of nitrogens with zero attached hydrogens (tertiary/aromatic N) is 1. The highest BCUT2D eigenvalue weighted by Gasteiger charge is 2.32. The monoisotopic (exact) mass is 274 g/mol. The first-order valence-corrected chi connectivity index (χ1v) is 6.09. The number of hydrogen-bond acceptors (Lipinski definition) is 4. The van der Waals surface area contributed by atoms with Crippen molar-refractivity contribution in [3.8, 4) is 0 Å². The summed E-state index contributed by atoms with van der Waals surface area (Å²) in [5.41, 5.74) is -1.40. The molecule has 0 heterocycles. The van der Waals surface area contributed by atoms with Crippen LogP contribution < -0.4 is 5.32 Å². The molecule has 0 unspecified atom stereocenters. The van der Waals surface area contributed by atoms with Gasteiger partial charge in [-0.05, 0) is 34.6 Å². The lowest BCUT2D eigenvalue weighted by molar-refractivity contribution is -0.144. The molecule has 0 saturated carbocycles. The first kappa shape index (κ1) is 17.2. The van der Waals surface area contributed by atoms with E-state index in [9.17, 15) is 14.4 Å². The van der Waals surface area contributed by atoms with Crippen LogP contribution in [0.5, 0.6) is 0 Å². The number of carboxylic acid groups (broad SMARTS) is 1. The van der Waals surface area contributed by atoms with Crippen molar-refractivity contribution >= 4 is 18.0 Å². The Morgan fingerprint density at radius 3 is 2.21 bits per heavy atom. The van der Waals surface area contributed by atoms with Crippen molar-refractivity contribution in [2.75, 3.05) is 13.2 Å². The van der Waals surface area contributed by atoms with Crippen LogP contribution in [0.3, 0.4) is 0 Å². The lowest BCUT2D eigenvalue weighted by Gasteiger charge is -2.30. The minimum Gasteiger partial charge on any atom is -0.480 e. The molecule has 0 atom stereocenters. The van der Waals surface area contributed by atoms with Crippen molar-refractivity contribution in [3.63, 3.8) is 0 Å². The maximum Gasteiger partial charge on any atom is 0.328 e. The average Bonchev–Trinajstić information content (AvgIpc) is 2.24. The first-order valence-electron chi connectivity index (χ1n) is 6.09. The van der Waals surface area contributed by atoms with Gasteiger partial charge in [0.05, 0.1) is 6.61 Å². The van der Waals surface area contributed by atoms with Crippen LogP contribution in [0, 0.1) is 0 Å². The molecule has 0 aliphatic rings. The van der Waals surface area contributed by atoms with Gasteiger partial charge in [0, 0.05) is 6.04 Å². The zero-order chi connectivity index (χ0) is 15.2. The summed E-state index contributed by atoms with van der Waals surface area (Å²) in [7, 11) is 0. The van der Waals surface area contributed by atoms with Gasteiger partial charge in [-0.1, -0.05) is 0 Å². The SMILES string of the molecule is CCOC(=O)CN(C(=O)NC(C)(C)C(=O)O)C(C)C. The highest BCUT2D eigenvalue weighted by atomic mass is 16.5. The van der Waals surface area contributed by atoms with E-state index in [0.717, 1.165) is 0 Å². The van der Waals surface area contributed by atoms with E-state index in [4.69, 9.17) is 9.84 Å². The molecular formula is C12H22N2O5. The summed E-state index contributed by atoms with van der Waals surface area (Å²) in [5, 5.41) is 11.3. The lowest BCUT2D eigenvalue weighted by atomic mass is 10.1. The third kappa shape index (κ3) is 5.58. The van der Waals surface area contributed by atoms with Crippen LogP contribution in [-0.4, -0.2) is 52.7 Å². The Bertz CT molecular complexity index is 352. The Kier molecular flexibility index (Phi) is 6.31. The van der Waals surface area contributed by atoms with Gasteiger partial charge < -0.3 is 20.1 Å². The minimum absolute atomic E-state index is 0.215. The van der Waals surface area contributed by atoms with E-state index in [2.05, 4.69) is 5.32 Å². The summed E-state index contributed by atoms with van der Waals surface area (Å²) in [5.74, 6) is -1.68. The molecule has 19 heavy (non-hydrogen) atoms. The molecule has 7 nitrogen and oxygen atoms in total. The van der Waals surface area contributed by atoms with Gasteiger partial charge in [-0.15, -0.1) is 0 Å². The Morgan fingerprint density at radius 1 is 1.32 bits per heavy atom. The molecule has 0 aromatic heterocycles. The molecule has 2 amide bonds. The van der Waals surface area contributed by atoms with Gasteiger partial charge in [-0.3, -0.25) is 4.79 Å². The van der Waals surface area contributed by atoms with Crippen molar-refractivity contribution in [2.24, 2.45) is 0 Å². The number of nitrogens with one attached hydrogen (secondary N) is 1. The number of aliphatic carboxylic acids is 1. The Hall–Kier alpha value is -1.79. The number of esters is 1. The summed E-state index contributed by atoms with van der Waals surface area (Å²) in [6, 6.07) is -0.871. The topological polar surface area (TPSA) is 95.9 Å². The van der Waals surface area contributed by atoms with Crippen molar-refractivity contribution in [1.82, 2.24) is 10.2 Å². The largest absolute Gasteiger partial charge is 0.480 e. The molecule has 0 bridgehead atoms. The second-order valence-electron chi connectivity index (χ2n) is 4.89. The van der Waals surface area contributed by atoms with Gasteiger partial charge in [-0.2, -0.15) is 0 Å². The maximum absolute atomic E-state index is 12.0. The van der Waals surface area contributed by atoms with E-state index in [0.29, 0.717) is 0 Å². The second-order valence-corrected chi connectivity index (χ2v) is 4.89. The molecule has 0 radical (unpaired) electrons. The molecule has 0 spiro atoms. The summed E-state index contributed by atoms with van der Waals surface area (Å²) < 4.78 is 4.77. The highest BCUT2D eigenvalue weighted by molar-refractivity contribution is 5.87. The van der Waals surface area contributed by atoms with Crippen LogP contribution >= 0.6 is 0 Å². The Labute approximate surface area is 112 Å². The van der Waals surface area contributed by atoms with E-state index in [1.807, 2.05) is 0 Å². The van der Waals surface area contributed by atoms with Crippen LogP contribution in [0.2, 0.25) is 0 Å². The van der Waals surface area contributed by atoms with E-state index < -0.39 is 23.5 Å². The first-order chi connectivity index (χ1) is 8.61. The van der Waals surface area contributed by atoms with Gasteiger partial charge in [0.15, 0.2) is 0 Å². The van der Waals surface area contributed by atoms with Crippen LogP contribution in [0.1, 0.15) is 34.6 Å². The Morgan fingerprint density at radius 2 is 1.84 bits per heavy atom.